The second-order valence-corrected chi connectivity index (χ2v) is 4.13. The van der Waals surface area contributed by atoms with Crippen LogP contribution in [0.5, 0.6) is 0 Å². The van der Waals surface area contributed by atoms with Crippen molar-refractivity contribution in [1.82, 2.24) is 4.90 Å². The molecule has 0 atom stereocenters. The van der Waals surface area contributed by atoms with E-state index in [9.17, 15) is 4.79 Å². The second-order valence-electron chi connectivity index (χ2n) is 4.13. The summed E-state index contributed by atoms with van der Waals surface area (Å²) in [6.07, 6.45) is 4.56. The van der Waals surface area contributed by atoms with Crippen LogP contribution in [0.25, 0.3) is 0 Å². The first-order valence-corrected chi connectivity index (χ1v) is 5.42. The average molecular weight is 183 g/mol. The van der Waals surface area contributed by atoms with E-state index in [2.05, 4.69) is 25.8 Å². The van der Waals surface area contributed by atoms with Crippen molar-refractivity contribution >= 4 is 5.78 Å². The van der Waals surface area contributed by atoms with Gasteiger partial charge in [0.1, 0.15) is 5.78 Å². The van der Waals surface area contributed by atoms with Crippen LogP contribution in [0.4, 0.5) is 0 Å². The number of carbonyl (C=O) groups excluding carboxylic acids is 1. The smallest absolute Gasteiger partial charge is 0.149 e. The average Bonchev–Trinajstić information content (AvgIpc) is 2.88. The summed E-state index contributed by atoms with van der Waals surface area (Å²) in [6, 6.07) is 0.586. The standard InChI is InChI=1S/C11H21NO/c1-4-10(5-2)12(3)8-11(13)9-6-7-9/h9-10H,4-8H2,1-3H3. The number of hydrogen-bond acceptors (Lipinski definition) is 2. The number of likely N-dealkylation sites (N-methyl/N-ethyl adjacent to an activating group) is 1. The Bertz CT molecular complexity index is 171. The lowest BCUT2D eigenvalue weighted by Gasteiger charge is -2.25. The molecule has 0 bridgehead atoms. The van der Waals surface area contributed by atoms with Crippen molar-refractivity contribution in [3.8, 4) is 0 Å². The van der Waals surface area contributed by atoms with Gasteiger partial charge in [-0.3, -0.25) is 9.69 Å². The van der Waals surface area contributed by atoms with E-state index >= 15 is 0 Å². The summed E-state index contributed by atoms with van der Waals surface area (Å²) in [6.45, 7) is 5.04. The number of hydrogen-bond donors (Lipinski definition) is 0. The molecule has 13 heavy (non-hydrogen) atoms. The molecule has 0 aliphatic heterocycles. The van der Waals surface area contributed by atoms with Gasteiger partial charge in [-0.15, -0.1) is 0 Å². The van der Waals surface area contributed by atoms with Gasteiger partial charge in [0, 0.05) is 12.0 Å². The van der Waals surface area contributed by atoms with Crippen molar-refractivity contribution in [2.75, 3.05) is 13.6 Å². The third-order valence-electron chi connectivity index (χ3n) is 3.00. The first-order valence-electron chi connectivity index (χ1n) is 5.42. The van der Waals surface area contributed by atoms with E-state index in [1.54, 1.807) is 0 Å². The summed E-state index contributed by atoms with van der Waals surface area (Å²) in [5.41, 5.74) is 0. The van der Waals surface area contributed by atoms with Crippen LogP contribution in [-0.2, 0) is 4.79 Å². The normalized spacial score (nSPS) is 17.0. The Morgan fingerprint density at radius 2 is 1.92 bits per heavy atom. The molecule has 0 heterocycles. The van der Waals surface area contributed by atoms with E-state index in [-0.39, 0.29) is 0 Å². The Balaban J connectivity index is 2.29. The van der Waals surface area contributed by atoms with Gasteiger partial charge in [-0.25, -0.2) is 0 Å². The van der Waals surface area contributed by atoms with Crippen LogP contribution in [0.3, 0.4) is 0 Å². The predicted octanol–water partition coefficient (Wildman–Crippen LogP) is 2.09. The Morgan fingerprint density at radius 1 is 1.38 bits per heavy atom. The molecule has 2 nitrogen and oxygen atoms in total. The van der Waals surface area contributed by atoms with Crippen molar-refractivity contribution in [3.05, 3.63) is 0 Å². The second kappa shape index (κ2) is 4.75. The van der Waals surface area contributed by atoms with Crippen LogP contribution in [-0.4, -0.2) is 30.3 Å². The summed E-state index contributed by atoms with van der Waals surface area (Å²) in [5, 5.41) is 0. The van der Waals surface area contributed by atoms with Crippen LogP contribution >= 0.6 is 0 Å². The molecular weight excluding hydrogens is 162 g/mol. The summed E-state index contributed by atoms with van der Waals surface area (Å²) in [5.74, 6) is 0.867. The Labute approximate surface area is 81.3 Å². The van der Waals surface area contributed by atoms with Crippen LogP contribution in [0.1, 0.15) is 39.5 Å². The van der Waals surface area contributed by atoms with Gasteiger partial charge in [0.25, 0.3) is 0 Å². The highest BCUT2D eigenvalue weighted by atomic mass is 16.1. The molecule has 0 amide bonds. The number of Topliss-reactive ketones (excluding diaryl/α,β-unsaturated/α-hetero) is 1. The van der Waals surface area contributed by atoms with E-state index in [0.717, 1.165) is 25.7 Å². The number of carbonyl (C=O) groups is 1. The fraction of sp³-hybridized carbons (Fsp3) is 0.909. The van der Waals surface area contributed by atoms with E-state index in [1.165, 1.54) is 0 Å². The molecule has 0 spiro atoms. The maximum atomic E-state index is 11.5. The maximum absolute atomic E-state index is 11.5. The summed E-state index contributed by atoms with van der Waals surface area (Å²) in [7, 11) is 2.07. The zero-order valence-corrected chi connectivity index (χ0v) is 9.05. The lowest BCUT2D eigenvalue weighted by atomic mass is 10.1. The fourth-order valence-electron chi connectivity index (χ4n) is 1.82. The molecule has 0 radical (unpaired) electrons. The quantitative estimate of drug-likeness (QED) is 0.628. The molecule has 0 saturated heterocycles. The van der Waals surface area contributed by atoms with E-state index in [1.807, 2.05) is 0 Å². The molecule has 1 fully saturated rings. The molecule has 0 aromatic heterocycles. The van der Waals surface area contributed by atoms with Gasteiger partial charge in [-0.05, 0) is 32.7 Å². The summed E-state index contributed by atoms with van der Waals surface area (Å²) in [4.78, 5) is 13.7. The first kappa shape index (κ1) is 10.7. The van der Waals surface area contributed by atoms with Gasteiger partial charge >= 0.3 is 0 Å². The predicted molar refractivity (Wildman–Crippen MR) is 54.7 cm³/mol. The number of rotatable bonds is 6. The first-order chi connectivity index (χ1) is 6.19. The maximum Gasteiger partial charge on any atom is 0.149 e. The minimum absolute atomic E-state index is 0.414. The van der Waals surface area contributed by atoms with Crippen molar-refractivity contribution < 1.29 is 4.79 Å². The highest BCUT2D eigenvalue weighted by molar-refractivity contribution is 5.84. The molecule has 0 unspecified atom stereocenters. The molecule has 76 valence electrons. The molecule has 1 aliphatic rings. The fourth-order valence-corrected chi connectivity index (χ4v) is 1.82. The molecule has 2 heteroatoms. The minimum atomic E-state index is 0.414. The number of ketones is 1. The van der Waals surface area contributed by atoms with E-state index < -0.39 is 0 Å². The van der Waals surface area contributed by atoms with Crippen molar-refractivity contribution in [1.29, 1.82) is 0 Å². The minimum Gasteiger partial charge on any atom is -0.298 e. The molecule has 0 N–H and O–H groups in total. The topological polar surface area (TPSA) is 20.3 Å². The van der Waals surface area contributed by atoms with Gasteiger partial charge in [0.2, 0.25) is 0 Å². The van der Waals surface area contributed by atoms with Crippen molar-refractivity contribution in [2.24, 2.45) is 5.92 Å². The van der Waals surface area contributed by atoms with Crippen molar-refractivity contribution in [3.63, 3.8) is 0 Å². The molecule has 1 rings (SSSR count). The van der Waals surface area contributed by atoms with E-state index in [0.29, 0.717) is 24.3 Å². The highest BCUT2D eigenvalue weighted by Gasteiger charge is 2.30. The van der Waals surface area contributed by atoms with E-state index in [4.69, 9.17) is 0 Å². The molecule has 1 aliphatic carbocycles. The SMILES string of the molecule is CCC(CC)N(C)CC(=O)C1CC1. The lowest BCUT2D eigenvalue weighted by Crippen LogP contribution is -2.35. The van der Waals surface area contributed by atoms with Gasteiger partial charge in [0.05, 0.1) is 6.54 Å². The van der Waals surface area contributed by atoms with Gasteiger partial charge in [-0.2, -0.15) is 0 Å². The van der Waals surface area contributed by atoms with Crippen LogP contribution in [0.15, 0.2) is 0 Å². The number of nitrogens with zero attached hydrogens (tertiary/aromatic N) is 1. The largest absolute Gasteiger partial charge is 0.298 e. The molecular formula is C11H21NO. The zero-order valence-electron chi connectivity index (χ0n) is 9.05. The highest BCUT2D eigenvalue weighted by Crippen LogP contribution is 2.30. The Morgan fingerprint density at radius 3 is 2.31 bits per heavy atom. The lowest BCUT2D eigenvalue weighted by molar-refractivity contribution is -0.121. The van der Waals surface area contributed by atoms with Crippen molar-refractivity contribution in [2.45, 2.75) is 45.6 Å². The Hall–Kier alpha value is -0.370. The zero-order chi connectivity index (χ0) is 9.84. The Kier molecular flexibility index (Phi) is 3.91. The molecule has 0 aromatic rings. The summed E-state index contributed by atoms with van der Waals surface area (Å²) >= 11 is 0. The van der Waals surface area contributed by atoms with Gasteiger partial charge < -0.3 is 0 Å². The molecule has 1 saturated carbocycles. The summed E-state index contributed by atoms with van der Waals surface area (Å²) < 4.78 is 0. The monoisotopic (exact) mass is 183 g/mol. The third-order valence-corrected chi connectivity index (χ3v) is 3.00. The van der Waals surface area contributed by atoms with Crippen LogP contribution in [0, 0.1) is 5.92 Å². The third kappa shape index (κ3) is 3.11. The van der Waals surface area contributed by atoms with Gasteiger partial charge in [-0.1, -0.05) is 13.8 Å². The van der Waals surface area contributed by atoms with Crippen LogP contribution < -0.4 is 0 Å². The molecule has 0 aromatic carbocycles. The van der Waals surface area contributed by atoms with Gasteiger partial charge in [0.15, 0.2) is 0 Å². The van der Waals surface area contributed by atoms with Crippen LogP contribution in [0.2, 0.25) is 0 Å².